The first-order valence-corrected chi connectivity index (χ1v) is 29.3. The lowest BCUT2D eigenvalue weighted by Gasteiger charge is -2.23. The number of pyridine rings is 2. The van der Waals surface area contributed by atoms with Crippen LogP contribution in [0.4, 0.5) is 31.5 Å². The van der Waals surface area contributed by atoms with Crippen molar-refractivity contribution in [2.75, 3.05) is 33.5 Å². The van der Waals surface area contributed by atoms with Crippen LogP contribution < -0.4 is 25.8 Å². The fraction of sp³-hybridized carbons (Fsp3) is 0.132. The van der Waals surface area contributed by atoms with Gasteiger partial charge in [0.15, 0.2) is 0 Å². The number of thiophene rings is 2. The predicted octanol–water partition coefficient (Wildman–Crippen LogP) is 14.0. The quantitative estimate of drug-likeness (QED) is 0.129. The zero-order valence-corrected chi connectivity index (χ0v) is 47.4. The first-order chi connectivity index (χ1) is 41.3. The number of fused-ring (bicyclic) bond motifs is 8. The molecule has 8 heterocycles. The van der Waals surface area contributed by atoms with E-state index in [0.717, 1.165) is 54.3 Å². The molecular weight excluding hydrogens is 1110 g/mol. The highest BCUT2D eigenvalue weighted by atomic mass is 32.1. The van der Waals surface area contributed by atoms with Gasteiger partial charge in [0.05, 0.1) is 57.1 Å². The van der Waals surface area contributed by atoms with E-state index in [-0.39, 0.29) is 47.0 Å². The number of amides is 5. The second-order valence-corrected chi connectivity index (χ2v) is 23.5. The van der Waals surface area contributed by atoms with Gasteiger partial charge in [-0.1, -0.05) is 72.8 Å². The van der Waals surface area contributed by atoms with Crippen molar-refractivity contribution in [3.8, 4) is 54.5 Å². The number of carbonyl (C=O) groups excluding carboxylic acids is 5. The molecule has 0 radical (unpaired) electrons. The van der Waals surface area contributed by atoms with Crippen molar-refractivity contribution in [3.05, 3.63) is 235 Å². The molecule has 0 atom stereocenters. The van der Waals surface area contributed by atoms with Crippen LogP contribution in [0.25, 0.3) is 54.5 Å². The minimum absolute atomic E-state index is 0.0200. The van der Waals surface area contributed by atoms with Crippen molar-refractivity contribution in [1.82, 2.24) is 15.3 Å². The topological polar surface area (TPSA) is 163 Å². The highest BCUT2D eigenvalue weighted by Crippen LogP contribution is 2.45. The summed E-state index contributed by atoms with van der Waals surface area (Å²) in [7, 11) is 0. The number of benzene rings is 6. The van der Waals surface area contributed by atoms with Gasteiger partial charge in [-0.2, -0.15) is 0 Å². The number of rotatable bonds is 9. The molecule has 14 rings (SSSR count). The zero-order chi connectivity index (χ0) is 58.2. The van der Waals surface area contributed by atoms with Gasteiger partial charge in [-0.3, -0.25) is 24.0 Å². The highest BCUT2D eigenvalue weighted by Gasteiger charge is 2.32. The molecule has 0 aliphatic carbocycles. The molecule has 0 unspecified atom stereocenters. The minimum atomic E-state index is -0.660. The SMILES string of the molecule is Cc1cc(-c2ccc(C(=O)N3CCc4cc(C(=O)Nc5c(C)cccc5F)sc4-c4ccccc43)nc2-c2ccc3c(c2)COC3)cc(F)c1NC(=O)c1cc2c(s1)-c1ccccc1N(C(=O)c1cccc(-c3ccc4c(c3)CNC4=O)n1)CC2. The first kappa shape index (κ1) is 53.2. The number of halogens is 2. The fourth-order valence-corrected chi connectivity index (χ4v) is 14.0. The van der Waals surface area contributed by atoms with E-state index in [1.165, 1.54) is 34.8 Å². The molecule has 10 aromatic rings. The Balaban J connectivity index is 0.727. The summed E-state index contributed by atoms with van der Waals surface area (Å²) >= 11 is 2.57. The van der Waals surface area contributed by atoms with Crippen LogP contribution in [0, 0.1) is 25.5 Å². The summed E-state index contributed by atoms with van der Waals surface area (Å²) in [5.41, 5.74) is 13.4. The molecule has 3 N–H and O–H groups in total. The lowest BCUT2D eigenvalue weighted by Crippen LogP contribution is -2.33. The van der Waals surface area contributed by atoms with Crippen LogP contribution in [-0.2, 0) is 37.3 Å². The van der Waals surface area contributed by atoms with Gasteiger partial charge in [-0.15, -0.1) is 22.7 Å². The third-order valence-corrected chi connectivity index (χ3v) is 18.5. The molecule has 6 aromatic carbocycles. The van der Waals surface area contributed by atoms with Crippen LogP contribution in [0.5, 0.6) is 0 Å². The molecule has 0 fully saturated rings. The Morgan fingerprint density at radius 1 is 0.529 bits per heavy atom. The molecule has 0 bridgehead atoms. The van der Waals surface area contributed by atoms with Crippen LogP contribution in [0.3, 0.4) is 0 Å². The molecule has 4 aliphatic rings. The van der Waals surface area contributed by atoms with Gasteiger partial charge in [-0.05, 0) is 156 Å². The average molecular weight is 1160 g/mol. The van der Waals surface area contributed by atoms with Crippen LogP contribution in [0.2, 0.25) is 0 Å². The van der Waals surface area contributed by atoms with Gasteiger partial charge in [0, 0.05) is 62.8 Å². The maximum atomic E-state index is 16.8. The molecule has 0 spiro atoms. The summed E-state index contributed by atoms with van der Waals surface area (Å²) in [6, 6.07) is 46.8. The Hall–Kier alpha value is -9.81. The van der Waals surface area contributed by atoms with E-state index in [4.69, 9.17) is 14.7 Å². The second kappa shape index (κ2) is 21.4. The van der Waals surface area contributed by atoms with Gasteiger partial charge in [-0.25, -0.2) is 18.7 Å². The van der Waals surface area contributed by atoms with E-state index in [2.05, 4.69) is 16.0 Å². The molecule has 4 aromatic heterocycles. The number of hydrogen-bond acceptors (Lipinski definition) is 10. The van der Waals surface area contributed by atoms with Gasteiger partial charge in [0.25, 0.3) is 29.5 Å². The first-order valence-electron chi connectivity index (χ1n) is 27.7. The number of anilines is 4. The van der Waals surface area contributed by atoms with Crippen LogP contribution in [0.15, 0.2) is 158 Å². The summed E-state index contributed by atoms with van der Waals surface area (Å²) in [6.07, 6.45) is 0.867. The largest absolute Gasteiger partial charge is 0.372 e. The standard InChI is InChI=1S/C68H49F2N7O6S2/c1-36-9-7-12-50(69)59(36)74-65(79)57-31-41-24-26-77(56-16-6-4-11-49(56)63(41)84-57)68(82)54-22-21-46(61(73-54)39-17-18-42-34-83-35-45(42)29-39)43-27-37(2)60(51(70)30-43)75-66(80)58-32-40-23-25-76(55-15-5-3-10-48(55)62(40)85-58)67(81)53-14-8-13-52(72-53)38-19-20-47-44(28-38)33-71-64(47)78/h3-22,27-32H,23-26,33-35H2,1-2H3,(H,71,78)(H,74,79)(H,75,80). The van der Waals surface area contributed by atoms with Gasteiger partial charge in [0.2, 0.25) is 0 Å². The Morgan fingerprint density at radius 2 is 1.13 bits per heavy atom. The number of ether oxygens (including phenoxy) is 1. The molecule has 85 heavy (non-hydrogen) atoms. The Kier molecular flexibility index (Phi) is 13.4. The molecule has 0 saturated carbocycles. The summed E-state index contributed by atoms with van der Waals surface area (Å²) in [5, 5.41) is 8.47. The van der Waals surface area contributed by atoms with E-state index in [1.807, 2.05) is 97.1 Å². The second-order valence-electron chi connectivity index (χ2n) is 21.4. The average Bonchev–Trinajstić information content (AvgIpc) is 3.54. The Morgan fingerprint density at radius 3 is 1.80 bits per heavy atom. The molecule has 4 aliphatic heterocycles. The molecule has 418 valence electrons. The molecule has 13 nitrogen and oxygen atoms in total. The molecule has 0 saturated heterocycles. The molecule has 17 heteroatoms. The number of para-hydroxylation sites is 3. The van der Waals surface area contributed by atoms with Crippen molar-refractivity contribution < 1.29 is 37.5 Å². The minimum Gasteiger partial charge on any atom is -0.372 e. The van der Waals surface area contributed by atoms with E-state index >= 15 is 4.39 Å². The van der Waals surface area contributed by atoms with Crippen LogP contribution >= 0.6 is 22.7 Å². The van der Waals surface area contributed by atoms with Crippen molar-refractivity contribution in [2.45, 2.75) is 46.4 Å². The normalized spacial score (nSPS) is 13.8. The number of aromatic nitrogens is 2. The van der Waals surface area contributed by atoms with Crippen LogP contribution in [-0.4, -0.2) is 52.6 Å². The zero-order valence-electron chi connectivity index (χ0n) is 45.8. The van der Waals surface area contributed by atoms with Gasteiger partial charge >= 0.3 is 0 Å². The van der Waals surface area contributed by atoms with E-state index in [1.54, 1.807) is 72.2 Å². The monoisotopic (exact) mass is 1160 g/mol. The predicted molar refractivity (Wildman–Crippen MR) is 326 cm³/mol. The number of aryl methyl sites for hydroxylation is 2. The third-order valence-electron chi connectivity index (χ3n) is 16.1. The van der Waals surface area contributed by atoms with Crippen molar-refractivity contribution in [3.63, 3.8) is 0 Å². The maximum Gasteiger partial charge on any atom is 0.276 e. The summed E-state index contributed by atoms with van der Waals surface area (Å²) in [6.45, 7) is 5.37. The van der Waals surface area contributed by atoms with Gasteiger partial charge < -0.3 is 30.5 Å². The van der Waals surface area contributed by atoms with Crippen molar-refractivity contribution in [1.29, 1.82) is 0 Å². The lowest BCUT2D eigenvalue weighted by atomic mass is 9.95. The highest BCUT2D eigenvalue weighted by molar-refractivity contribution is 7.18. The van der Waals surface area contributed by atoms with Gasteiger partial charge in [0.1, 0.15) is 23.0 Å². The summed E-state index contributed by atoms with van der Waals surface area (Å²) < 4.78 is 37.3. The third kappa shape index (κ3) is 9.65. The Labute approximate surface area is 494 Å². The van der Waals surface area contributed by atoms with Crippen LogP contribution in [0.1, 0.15) is 89.6 Å². The number of nitrogens with one attached hydrogen (secondary N) is 3. The number of hydrogen-bond donors (Lipinski definition) is 3. The fourth-order valence-electron chi connectivity index (χ4n) is 11.8. The van der Waals surface area contributed by atoms with Crippen molar-refractivity contribution >= 4 is 75.0 Å². The summed E-state index contributed by atoms with van der Waals surface area (Å²) in [4.78, 5) is 85.2. The van der Waals surface area contributed by atoms with Crippen molar-refractivity contribution in [2.24, 2.45) is 0 Å². The summed E-state index contributed by atoms with van der Waals surface area (Å²) in [5.74, 6) is -2.82. The lowest BCUT2D eigenvalue weighted by molar-refractivity contribution is 0.0961. The maximum absolute atomic E-state index is 16.8. The smallest absolute Gasteiger partial charge is 0.276 e. The molecule has 5 amide bonds. The van der Waals surface area contributed by atoms with E-state index in [0.29, 0.717) is 105 Å². The molecular formula is C68H49F2N7O6S2. The Bertz CT molecular complexity index is 4470. The van der Waals surface area contributed by atoms with E-state index in [9.17, 15) is 28.4 Å². The number of nitrogens with zero attached hydrogens (tertiary/aromatic N) is 4. The number of carbonyl (C=O) groups is 5. The van der Waals surface area contributed by atoms with E-state index < -0.39 is 23.4 Å².